The van der Waals surface area contributed by atoms with Crippen molar-refractivity contribution in [2.75, 3.05) is 36.2 Å². The van der Waals surface area contributed by atoms with Crippen LogP contribution in [0.15, 0.2) is 59.3 Å². The monoisotopic (exact) mass is 2180 g/mol. The van der Waals surface area contributed by atoms with Crippen molar-refractivity contribution >= 4 is 113 Å². The van der Waals surface area contributed by atoms with Crippen molar-refractivity contribution in [2.24, 2.45) is 0 Å². The number of ketones is 3. The molecule has 2 fully saturated rings. The molecule has 2 saturated heterocycles. The SMILES string of the molecule is CC(=O)Cn1nc(C(F)F)c2c1C(F)(F)CCC2=O.CCOC(=O)Cn1nc(C(F)F)c2c1C(F)(F)CCC2(F)F.CCOC(=O)Cn1nc(C(F)F)c2c1C(F)(F)CCC21SCCS1.CCc1ccc(B2OC(C)(C)C(C)(C)O2)cn1.Cc1nn(CC(=O)C[C@@H](Cc2cc(F)cc(F)c2)c2ncccc2Br)c2c1C(F)(F)CCC2(F)F.O=C(O)Cn1nc(C(F)F)c2c1C(F)(F)CCC2(F)F.SCCS. The number of rotatable bonds is 24. The van der Waals surface area contributed by atoms with E-state index in [1.165, 1.54) is 43.6 Å². The van der Waals surface area contributed by atoms with Crippen molar-refractivity contribution < 1.29 is 167 Å². The Kier molecular flexibility index (Phi) is 37.5. The molecule has 15 rings (SSSR count). The fraction of sp³-hybridized carbons (Fsp3) is 0.570. The molecule has 1 aromatic carbocycles. The Morgan fingerprint density at radius 3 is 1.33 bits per heavy atom. The molecule has 55 heteroatoms. The van der Waals surface area contributed by atoms with Crippen LogP contribution in [0, 0.1) is 18.6 Å². The number of ether oxygens (including phenoxy) is 2. The van der Waals surface area contributed by atoms with Crippen LogP contribution >= 0.6 is 64.7 Å². The van der Waals surface area contributed by atoms with Gasteiger partial charge in [-0.05, 0) is 138 Å². The zero-order chi connectivity index (χ0) is 106. The Balaban J connectivity index is 0.000000191. The summed E-state index contributed by atoms with van der Waals surface area (Å²) in [5, 5.41) is 25.4. The van der Waals surface area contributed by atoms with Crippen LogP contribution in [0.25, 0.3) is 0 Å². The van der Waals surface area contributed by atoms with Gasteiger partial charge >= 0.3 is 25.0 Å². The van der Waals surface area contributed by atoms with Gasteiger partial charge in [0.2, 0.25) is 0 Å². The van der Waals surface area contributed by atoms with Gasteiger partial charge < -0.3 is 23.9 Å². The minimum absolute atomic E-state index is 0.0201. The number of carbonyl (C=O) groups excluding carboxylic acids is 5. The number of carboxylic acids is 1. The number of carboxylic acid groups (broad SMARTS) is 1. The van der Waals surface area contributed by atoms with Crippen LogP contribution in [0.1, 0.15) is 264 Å². The van der Waals surface area contributed by atoms with Gasteiger partial charge in [-0.25, -0.2) is 70.2 Å². The molecule has 7 aliphatic rings. The van der Waals surface area contributed by atoms with Gasteiger partial charge in [0, 0.05) is 121 Å². The number of aromatic nitrogens is 12. The number of thiol groups is 2. The fourth-order valence-corrected chi connectivity index (χ4v) is 20.0. The lowest BCUT2D eigenvalue weighted by atomic mass is 9.80. The predicted octanol–water partition coefficient (Wildman–Crippen LogP) is 22.0. The summed E-state index contributed by atoms with van der Waals surface area (Å²) in [6.45, 7) is 11.8. The Bertz CT molecular complexity index is 5760. The second-order valence-corrected chi connectivity index (χ2v) is 38.5. The third kappa shape index (κ3) is 26.9. The summed E-state index contributed by atoms with van der Waals surface area (Å²) in [7, 11) is -0.307. The lowest BCUT2D eigenvalue weighted by molar-refractivity contribution is -0.145. The molecule has 7 aromatic heterocycles. The average molecular weight is 2180 g/mol. The highest BCUT2D eigenvalue weighted by molar-refractivity contribution is 9.10. The van der Waals surface area contributed by atoms with Gasteiger partial charge in [-0.2, -0.15) is 94.7 Å². The van der Waals surface area contributed by atoms with Gasteiger partial charge in [-0.1, -0.05) is 13.0 Å². The highest BCUT2D eigenvalue weighted by atomic mass is 79.9. The normalized spacial score (nSPS) is 18.9. The molecule has 1 N–H and O–H groups in total. The summed E-state index contributed by atoms with van der Waals surface area (Å²) in [5.74, 6) is -33.5. The number of carbonyl (C=O) groups is 6. The third-order valence-electron chi connectivity index (χ3n) is 22.8. The van der Waals surface area contributed by atoms with E-state index in [4.69, 9.17) is 19.2 Å². The molecule has 0 radical (unpaired) electrons. The first kappa shape index (κ1) is 116. The molecule has 0 amide bonds. The summed E-state index contributed by atoms with van der Waals surface area (Å²) in [4.78, 5) is 77.8. The lowest BCUT2D eigenvalue weighted by Gasteiger charge is -2.36. The number of aliphatic carboxylic acids is 1. The van der Waals surface area contributed by atoms with E-state index in [1.807, 2.05) is 18.3 Å². The van der Waals surface area contributed by atoms with Crippen molar-refractivity contribution in [2.45, 2.75) is 273 Å². The summed E-state index contributed by atoms with van der Waals surface area (Å²) in [6.07, 6.45) is -17.7. The summed E-state index contributed by atoms with van der Waals surface area (Å²) >= 11 is 13.9. The van der Waals surface area contributed by atoms with Crippen LogP contribution in [0.3, 0.4) is 0 Å². The molecule has 8 aromatic rings. The maximum Gasteiger partial charge on any atom is 0.496 e. The zero-order valence-corrected chi connectivity index (χ0v) is 81.0. The Labute approximate surface area is 815 Å². The van der Waals surface area contributed by atoms with Crippen LogP contribution in [0.5, 0.6) is 0 Å². The van der Waals surface area contributed by atoms with Crippen LogP contribution in [0.4, 0.5) is 114 Å². The lowest BCUT2D eigenvalue weighted by Crippen LogP contribution is -2.41. The van der Waals surface area contributed by atoms with Crippen molar-refractivity contribution in [1.29, 1.82) is 0 Å². The van der Waals surface area contributed by atoms with Crippen molar-refractivity contribution in [3.05, 3.63) is 173 Å². The number of hydrogen-bond acceptors (Lipinski definition) is 21. The number of thioether (sulfide) groups is 2. The van der Waals surface area contributed by atoms with E-state index < -0.39 is 294 Å². The van der Waals surface area contributed by atoms with Gasteiger partial charge in [0.15, 0.2) is 17.3 Å². The molecule has 1 spiro atoms. The number of aryl methyl sites for hydroxylation is 2. The van der Waals surface area contributed by atoms with Crippen molar-refractivity contribution in [3.63, 3.8) is 0 Å². The van der Waals surface area contributed by atoms with Gasteiger partial charge in [0.05, 0.1) is 68.7 Å². The van der Waals surface area contributed by atoms with E-state index in [0.29, 0.717) is 31.0 Å². The molecular formula is C86H92BBrF26N12O11S4. The average Bonchev–Trinajstić information content (AvgIpc) is 1.56. The van der Waals surface area contributed by atoms with E-state index in [9.17, 15) is 143 Å². The molecule has 1 atom stereocenters. The zero-order valence-electron chi connectivity index (χ0n) is 75.9. The van der Waals surface area contributed by atoms with Crippen molar-refractivity contribution in [3.8, 4) is 0 Å². The Morgan fingerprint density at radius 1 is 0.511 bits per heavy atom. The number of pyridine rings is 2. The summed E-state index contributed by atoms with van der Waals surface area (Å²) < 4.78 is 379. The Morgan fingerprint density at radius 2 is 0.915 bits per heavy atom. The molecule has 9 heterocycles. The van der Waals surface area contributed by atoms with E-state index in [0.717, 1.165) is 58.9 Å². The van der Waals surface area contributed by atoms with Crippen molar-refractivity contribution in [1.82, 2.24) is 58.9 Å². The standard InChI is InChI=1S/C24H20BrF6N3O.C14H16F4N2O2S2.C13H20BNO2.C12H12F6N2O2.C11H10F4N2O2.C10H8F6N2O2.C2H6S2/c1-13-20-22(24(30,31)5-4-23(20,28)29)34(33-13)12-18(35)10-15(21-19(25)3-2-6-32-21)7-14-8-16(26)11-17(27)9-14;1-2-22-8(21)7-20-11-9(10(19-20)12(15)16)14(23-5-6-24-14)4-3-13(11,17)18;1-6-11-8-7-10(9-15-11)14-16-12(2,3)13(4,5)17-14;1-2-22-6(21)5-20-9-7(8(19-20)10(13)14)11(15,16)3-4-12(9,17)18;1-5(18)4-17-9-7(8(16-17)10(12)13)6(19)2-3-11(9,14)15;11-8(12)6-5-7(18(17-6)3-4(19)20)10(15,16)2-1-9(5,13)14;3-1-2-4/h2-3,6,8-9,11,15H,4-5,7,10,12H2,1H3;12H,2-7H2,1H3;7-9H,6H2,1-5H3;10H,2-5H2,1H3;10H,2-4H2,1H3;8H,1-3H2,(H,19,20);3-4H,1-2H2/t15-;;;;;;/m1....../s1. The van der Waals surface area contributed by atoms with Gasteiger partial charge in [0.25, 0.3) is 73.1 Å². The van der Waals surface area contributed by atoms with Crippen LogP contribution in [-0.4, -0.2) is 154 Å². The predicted molar refractivity (Wildman–Crippen MR) is 467 cm³/mol. The van der Waals surface area contributed by atoms with E-state index >= 15 is 0 Å². The van der Waals surface area contributed by atoms with Crippen LogP contribution in [-0.2, 0) is 140 Å². The fourth-order valence-electron chi connectivity index (χ4n) is 16.1. The van der Waals surface area contributed by atoms with Crippen LogP contribution in [0.2, 0.25) is 0 Å². The van der Waals surface area contributed by atoms with Gasteiger partial charge in [-0.15, -0.1) is 23.5 Å². The highest BCUT2D eigenvalue weighted by Gasteiger charge is 2.61. The summed E-state index contributed by atoms with van der Waals surface area (Å²) in [6, 6.07) is 10.4. The summed E-state index contributed by atoms with van der Waals surface area (Å²) in [5.41, 5.74) is -12.4. The number of alkyl halides is 24. The van der Waals surface area contributed by atoms with E-state index in [-0.39, 0.29) is 77.0 Å². The molecule has 23 nitrogen and oxygen atoms in total. The number of nitrogens with zero attached hydrogens (tertiary/aromatic N) is 12. The first-order chi connectivity index (χ1) is 65.3. The van der Waals surface area contributed by atoms with E-state index in [1.54, 1.807) is 19.1 Å². The topological polar surface area (TPSA) is 274 Å². The molecule has 0 saturated carbocycles. The largest absolute Gasteiger partial charge is 0.496 e. The smallest absolute Gasteiger partial charge is 0.480 e. The minimum Gasteiger partial charge on any atom is -0.480 e. The number of benzene rings is 1. The number of fused-ring (bicyclic) bond motifs is 6. The van der Waals surface area contributed by atoms with Gasteiger partial charge in [0.1, 0.15) is 89.1 Å². The second kappa shape index (κ2) is 45.8. The second-order valence-electron chi connectivity index (χ2n) is 33.7. The molecule has 0 unspecified atom stereocenters. The van der Waals surface area contributed by atoms with E-state index in [2.05, 4.69) is 116 Å². The van der Waals surface area contributed by atoms with Gasteiger partial charge in [-0.3, -0.25) is 62.1 Å². The minimum atomic E-state index is -3.89. The number of halogens is 27. The molecule has 778 valence electrons. The molecular weight excluding hydrogens is 2090 g/mol. The number of hydrogen-bond donors (Lipinski definition) is 3. The molecule has 2 aliphatic heterocycles. The first-order valence-electron chi connectivity index (χ1n) is 43.0. The number of Topliss-reactive ketones (excluding diaryl/α,β-unsaturated/α-hetero) is 3. The third-order valence-corrected chi connectivity index (χ3v) is 27.8. The Hall–Kier alpha value is -8.97. The van der Waals surface area contributed by atoms with Crippen LogP contribution < -0.4 is 5.46 Å². The molecule has 5 aliphatic carbocycles. The maximum atomic E-state index is 14.6. The highest BCUT2D eigenvalue weighted by Crippen LogP contribution is 2.64. The quantitative estimate of drug-likeness (QED) is 0.0219. The molecule has 0 bridgehead atoms. The molecule has 141 heavy (non-hydrogen) atoms. The number of esters is 2. The first-order valence-corrected chi connectivity index (χ1v) is 47.0. The maximum absolute atomic E-state index is 14.6.